The molecule has 11 heteroatoms. The van der Waals surface area contributed by atoms with Gasteiger partial charge in [0.1, 0.15) is 42.1 Å². The number of aromatic nitrogens is 1. The quantitative estimate of drug-likeness (QED) is 0.0973. The predicted octanol–water partition coefficient (Wildman–Crippen LogP) is 8.82. The Morgan fingerprint density at radius 3 is 2.44 bits per heavy atom. The van der Waals surface area contributed by atoms with Crippen molar-refractivity contribution in [1.82, 2.24) is 14.8 Å². The highest BCUT2D eigenvalue weighted by molar-refractivity contribution is 6.32. The Labute approximate surface area is 328 Å². The molecule has 2 unspecified atom stereocenters. The van der Waals surface area contributed by atoms with Crippen LogP contribution in [0.3, 0.4) is 0 Å². The summed E-state index contributed by atoms with van der Waals surface area (Å²) in [5.41, 5.74) is 6.24. The molecule has 288 valence electrons. The van der Waals surface area contributed by atoms with Crippen LogP contribution in [-0.4, -0.2) is 72.1 Å². The molecule has 3 heterocycles. The molecule has 1 amide bonds. The van der Waals surface area contributed by atoms with Gasteiger partial charge in [0.15, 0.2) is 6.29 Å². The molecular weight excluding hydrogens is 716 g/mol. The predicted molar refractivity (Wildman–Crippen MR) is 212 cm³/mol. The summed E-state index contributed by atoms with van der Waals surface area (Å²) in [5.74, 6) is 2.60. The molecule has 4 aromatic rings. The van der Waals surface area contributed by atoms with Gasteiger partial charge in [-0.25, -0.2) is 4.79 Å². The number of hydrogen-bond acceptors (Lipinski definition) is 9. The van der Waals surface area contributed by atoms with E-state index in [0.717, 1.165) is 79.1 Å². The highest BCUT2D eigenvalue weighted by atomic mass is 35.5. The molecule has 2 aliphatic heterocycles. The van der Waals surface area contributed by atoms with Crippen LogP contribution in [0.25, 0.3) is 11.1 Å². The van der Waals surface area contributed by atoms with Crippen LogP contribution in [0, 0.1) is 37.0 Å². The molecule has 1 aromatic heterocycles. The van der Waals surface area contributed by atoms with Gasteiger partial charge in [-0.05, 0) is 112 Å². The number of hydrogen-bond donors (Lipinski definition) is 0. The second-order valence-corrected chi connectivity index (χ2v) is 15.8. The number of nitriles is 1. The molecule has 2 atom stereocenters. The lowest BCUT2D eigenvalue weighted by Crippen LogP contribution is -2.40. The Morgan fingerprint density at radius 1 is 0.927 bits per heavy atom. The topological polar surface area (TPSA) is 114 Å². The van der Waals surface area contributed by atoms with Crippen LogP contribution >= 0.6 is 11.6 Å². The number of ether oxygens (including phenoxy) is 4. The molecule has 2 aliphatic rings. The summed E-state index contributed by atoms with van der Waals surface area (Å²) >= 11 is 6.54. The molecule has 0 spiro atoms. The van der Waals surface area contributed by atoms with Gasteiger partial charge < -0.3 is 28.7 Å². The summed E-state index contributed by atoms with van der Waals surface area (Å²) in [5, 5.41) is 9.48. The van der Waals surface area contributed by atoms with Gasteiger partial charge in [0, 0.05) is 50.2 Å². The monoisotopic (exact) mass is 764 g/mol. The van der Waals surface area contributed by atoms with Gasteiger partial charge in [-0.1, -0.05) is 41.9 Å². The van der Waals surface area contributed by atoms with E-state index in [-0.39, 0.29) is 19.3 Å². The Morgan fingerprint density at radius 2 is 1.67 bits per heavy atom. The van der Waals surface area contributed by atoms with Crippen molar-refractivity contribution in [2.24, 2.45) is 11.8 Å². The SMILES string of the molecule is Cc1c(COc2cc(OCc3cncc(C#N)c3)c(C=O)cc2Cl)cccc1-c1cccc(OCCCN2CCC3CN(C(=O)OC(C)(C)C)CC3C2)c1C. The van der Waals surface area contributed by atoms with E-state index in [2.05, 4.69) is 41.9 Å². The Balaban J connectivity index is 1.04. The van der Waals surface area contributed by atoms with Crippen molar-refractivity contribution in [2.75, 3.05) is 39.3 Å². The third kappa shape index (κ3) is 9.96. The first-order valence-electron chi connectivity index (χ1n) is 18.8. The molecule has 10 nitrogen and oxygen atoms in total. The van der Waals surface area contributed by atoms with Crippen LogP contribution in [0.4, 0.5) is 4.79 Å². The lowest BCUT2D eigenvalue weighted by Gasteiger charge is -2.34. The minimum Gasteiger partial charge on any atom is -0.493 e. The molecule has 0 radical (unpaired) electrons. The third-order valence-electron chi connectivity index (χ3n) is 10.3. The summed E-state index contributed by atoms with van der Waals surface area (Å²) in [4.78, 5) is 32.9. The number of carbonyl (C=O) groups excluding carboxylic acids is 2. The van der Waals surface area contributed by atoms with Gasteiger partial charge in [0.2, 0.25) is 0 Å². The molecule has 2 fully saturated rings. The average molecular weight is 765 g/mol. The van der Waals surface area contributed by atoms with Crippen LogP contribution < -0.4 is 14.2 Å². The number of rotatable bonds is 13. The number of carbonyl (C=O) groups is 2. The number of fused-ring (bicyclic) bond motifs is 1. The van der Waals surface area contributed by atoms with E-state index >= 15 is 0 Å². The number of amides is 1. The van der Waals surface area contributed by atoms with Crippen LogP contribution in [0.2, 0.25) is 5.02 Å². The van der Waals surface area contributed by atoms with Crippen LogP contribution in [0.5, 0.6) is 17.2 Å². The van der Waals surface area contributed by atoms with E-state index in [1.807, 2.05) is 49.9 Å². The van der Waals surface area contributed by atoms with Crippen LogP contribution in [0.1, 0.15) is 71.8 Å². The Bertz CT molecular complexity index is 2060. The van der Waals surface area contributed by atoms with Gasteiger partial charge >= 0.3 is 6.09 Å². The first kappa shape index (κ1) is 39.6. The van der Waals surface area contributed by atoms with Gasteiger partial charge in [-0.15, -0.1) is 0 Å². The van der Waals surface area contributed by atoms with Crippen molar-refractivity contribution in [3.8, 4) is 34.4 Å². The van der Waals surface area contributed by atoms with Crippen molar-refractivity contribution in [1.29, 1.82) is 5.26 Å². The maximum atomic E-state index is 12.6. The van der Waals surface area contributed by atoms with Gasteiger partial charge in [0.05, 0.1) is 22.8 Å². The molecule has 3 aromatic carbocycles. The van der Waals surface area contributed by atoms with E-state index in [9.17, 15) is 14.9 Å². The highest BCUT2D eigenvalue weighted by Crippen LogP contribution is 2.36. The number of pyridine rings is 1. The van der Waals surface area contributed by atoms with Crippen molar-refractivity contribution >= 4 is 24.0 Å². The van der Waals surface area contributed by atoms with Gasteiger partial charge in [-0.2, -0.15) is 5.26 Å². The second-order valence-electron chi connectivity index (χ2n) is 15.4. The molecule has 6 rings (SSSR count). The van der Waals surface area contributed by atoms with E-state index in [4.69, 9.17) is 30.5 Å². The number of piperidine rings is 1. The second kappa shape index (κ2) is 17.6. The molecule has 0 saturated carbocycles. The number of halogens is 1. The van der Waals surface area contributed by atoms with Crippen molar-refractivity contribution in [3.05, 3.63) is 105 Å². The minimum absolute atomic E-state index is 0.116. The standard InChI is InChI=1S/C44H49ClN4O6/c1-29-34(28-54-42-19-41(35(26-50)18-39(42)45)53-27-32-17-31(20-46)21-47-22-32)9-6-10-37(29)38-11-7-12-40(30(38)2)52-16-8-14-48-15-13-33-24-49(25-36(33)23-48)43(51)55-44(3,4)5/h6-7,9-12,17-19,21-22,26,33,36H,8,13-16,23-25,27-28H2,1-5H3. The lowest BCUT2D eigenvalue weighted by atomic mass is 9.89. The number of benzene rings is 3. The van der Waals surface area contributed by atoms with Gasteiger partial charge in [0.25, 0.3) is 0 Å². The van der Waals surface area contributed by atoms with E-state index < -0.39 is 5.60 Å². The maximum absolute atomic E-state index is 12.6. The van der Waals surface area contributed by atoms with Gasteiger partial charge in [-0.3, -0.25) is 9.78 Å². The molecule has 0 bridgehead atoms. The fraction of sp³-hybridized carbons (Fsp3) is 0.409. The first-order valence-corrected chi connectivity index (χ1v) is 19.2. The first-order chi connectivity index (χ1) is 26.4. The Kier molecular flexibility index (Phi) is 12.6. The fourth-order valence-corrected chi connectivity index (χ4v) is 7.64. The summed E-state index contributed by atoms with van der Waals surface area (Å²) in [6.45, 7) is 15.5. The smallest absolute Gasteiger partial charge is 0.410 e. The zero-order valence-corrected chi connectivity index (χ0v) is 33.0. The third-order valence-corrected chi connectivity index (χ3v) is 10.6. The number of aldehydes is 1. The van der Waals surface area contributed by atoms with Crippen LogP contribution in [-0.2, 0) is 18.0 Å². The highest BCUT2D eigenvalue weighted by Gasteiger charge is 2.40. The molecule has 2 saturated heterocycles. The summed E-state index contributed by atoms with van der Waals surface area (Å²) in [6.07, 6.45) is 5.59. The zero-order chi connectivity index (χ0) is 39.1. The Hall–Kier alpha value is -5.11. The van der Waals surface area contributed by atoms with E-state index in [1.165, 1.54) is 12.3 Å². The molecule has 0 aliphatic carbocycles. The maximum Gasteiger partial charge on any atom is 0.410 e. The largest absolute Gasteiger partial charge is 0.493 e. The summed E-state index contributed by atoms with van der Waals surface area (Å²) in [6, 6.07) is 19.2. The number of likely N-dealkylation sites (tertiary alicyclic amines) is 2. The summed E-state index contributed by atoms with van der Waals surface area (Å²) in [7, 11) is 0. The van der Waals surface area contributed by atoms with Crippen molar-refractivity contribution in [3.63, 3.8) is 0 Å². The fourth-order valence-electron chi connectivity index (χ4n) is 7.41. The molecule has 55 heavy (non-hydrogen) atoms. The van der Waals surface area contributed by atoms with Crippen LogP contribution in [0.15, 0.2) is 67.0 Å². The van der Waals surface area contributed by atoms with Crippen molar-refractivity contribution < 1.29 is 28.5 Å². The molecular formula is C44H49ClN4O6. The average Bonchev–Trinajstić information content (AvgIpc) is 3.60. The van der Waals surface area contributed by atoms with E-state index in [0.29, 0.717) is 57.9 Å². The van der Waals surface area contributed by atoms with Crippen molar-refractivity contribution in [2.45, 2.75) is 66.3 Å². The number of nitrogens with zero attached hydrogens (tertiary/aromatic N) is 4. The normalized spacial score (nSPS) is 16.9. The lowest BCUT2D eigenvalue weighted by molar-refractivity contribution is 0.0284. The summed E-state index contributed by atoms with van der Waals surface area (Å²) < 4.78 is 24.1. The zero-order valence-electron chi connectivity index (χ0n) is 32.3. The van der Waals surface area contributed by atoms with E-state index in [1.54, 1.807) is 18.3 Å². The molecule has 0 N–H and O–H groups in total. The minimum atomic E-state index is -0.480.